The van der Waals surface area contributed by atoms with E-state index in [4.69, 9.17) is 4.74 Å². The molecule has 0 amide bonds. The van der Waals surface area contributed by atoms with Crippen LogP contribution in [-0.2, 0) is 15.1 Å². The zero-order valence-electron chi connectivity index (χ0n) is 13.2. The summed E-state index contributed by atoms with van der Waals surface area (Å²) in [6.07, 6.45) is 2.28. The lowest BCUT2D eigenvalue weighted by atomic mass is 9.84. The van der Waals surface area contributed by atoms with Crippen LogP contribution >= 0.6 is 0 Å². The van der Waals surface area contributed by atoms with E-state index in [1.165, 1.54) is 5.56 Å². The largest absolute Gasteiger partial charge is 0.464 e. The number of hydrogen-bond donors (Lipinski definition) is 1. The van der Waals surface area contributed by atoms with Crippen LogP contribution in [0.1, 0.15) is 48.9 Å². The molecule has 0 bridgehead atoms. The molecule has 3 nitrogen and oxygen atoms in total. The molecule has 110 valence electrons. The van der Waals surface area contributed by atoms with E-state index in [9.17, 15) is 4.79 Å². The number of rotatable bonds is 5. The van der Waals surface area contributed by atoms with Crippen LogP contribution in [0.15, 0.2) is 12.1 Å². The molecule has 1 fully saturated rings. The zero-order chi connectivity index (χ0) is 14.9. The molecule has 0 spiro atoms. The summed E-state index contributed by atoms with van der Waals surface area (Å²) in [4.78, 5) is 12.5. The average Bonchev–Trinajstić information content (AvgIpc) is 3.11. The van der Waals surface area contributed by atoms with Gasteiger partial charge in [-0.2, -0.15) is 0 Å². The van der Waals surface area contributed by atoms with E-state index in [0.29, 0.717) is 12.6 Å². The van der Waals surface area contributed by atoms with Gasteiger partial charge in [0.2, 0.25) is 0 Å². The summed E-state index contributed by atoms with van der Waals surface area (Å²) in [5.74, 6) is -0.179. The molecule has 0 aromatic heterocycles. The normalized spacial score (nSPS) is 17.6. The number of hydrogen-bond acceptors (Lipinski definition) is 3. The van der Waals surface area contributed by atoms with Crippen LogP contribution in [0.4, 0.5) is 0 Å². The minimum atomic E-state index is -0.751. The van der Waals surface area contributed by atoms with Crippen molar-refractivity contribution < 1.29 is 9.53 Å². The lowest BCUT2D eigenvalue weighted by Gasteiger charge is -2.32. The number of esters is 1. The second-order valence-corrected chi connectivity index (χ2v) is 6.04. The Morgan fingerprint density at radius 1 is 1.30 bits per heavy atom. The third-order valence-electron chi connectivity index (χ3n) is 3.93. The van der Waals surface area contributed by atoms with Gasteiger partial charge in [0.25, 0.3) is 0 Å². The van der Waals surface area contributed by atoms with Gasteiger partial charge in [-0.1, -0.05) is 17.7 Å². The molecule has 1 N–H and O–H groups in total. The van der Waals surface area contributed by atoms with Crippen LogP contribution in [-0.4, -0.2) is 18.6 Å². The minimum absolute atomic E-state index is 0.179. The van der Waals surface area contributed by atoms with Gasteiger partial charge in [-0.3, -0.25) is 5.32 Å². The summed E-state index contributed by atoms with van der Waals surface area (Å²) in [6, 6.07) is 4.70. The number of ether oxygens (including phenoxy) is 1. The van der Waals surface area contributed by atoms with Gasteiger partial charge in [0.15, 0.2) is 0 Å². The number of aryl methyl sites for hydroxylation is 3. The summed E-state index contributed by atoms with van der Waals surface area (Å²) in [5.41, 5.74) is 3.83. The van der Waals surface area contributed by atoms with Gasteiger partial charge in [0.05, 0.1) is 6.61 Å². The summed E-state index contributed by atoms with van der Waals surface area (Å²) >= 11 is 0. The highest BCUT2D eigenvalue weighted by Crippen LogP contribution is 2.34. The molecule has 0 radical (unpaired) electrons. The second kappa shape index (κ2) is 5.57. The second-order valence-electron chi connectivity index (χ2n) is 6.04. The number of benzene rings is 1. The maximum absolute atomic E-state index is 12.5. The molecular formula is C17H25NO2. The molecule has 3 heteroatoms. The molecule has 0 aliphatic heterocycles. The maximum Gasteiger partial charge on any atom is 0.330 e. The average molecular weight is 275 g/mol. The van der Waals surface area contributed by atoms with Crippen molar-refractivity contribution in [2.24, 2.45) is 0 Å². The first-order chi connectivity index (χ1) is 9.38. The summed E-state index contributed by atoms with van der Waals surface area (Å²) in [6.45, 7) is 10.4. The highest BCUT2D eigenvalue weighted by atomic mass is 16.5. The van der Waals surface area contributed by atoms with Gasteiger partial charge < -0.3 is 4.74 Å². The molecule has 1 aliphatic rings. The fourth-order valence-electron chi connectivity index (χ4n) is 3.11. The summed E-state index contributed by atoms with van der Waals surface area (Å²) < 4.78 is 5.33. The van der Waals surface area contributed by atoms with Crippen molar-refractivity contribution in [3.63, 3.8) is 0 Å². The highest BCUT2D eigenvalue weighted by molar-refractivity contribution is 5.83. The minimum Gasteiger partial charge on any atom is -0.464 e. The number of carbonyl (C=O) groups is 1. The number of nitrogens with one attached hydrogen (secondary N) is 1. The molecule has 1 unspecified atom stereocenters. The summed E-state index contributed by atoms with van der Waals surface area (Å²) in [7, 11) is 0. The third kappa shape index (κ3) is 2.88. The first kappa shape index (κ1) is 15.0. The maximum atomic E-state index is 12.5. The smallest absolute Gasteiger partial charge is 0.330 e. The van der Waals surface area contributed by atoms with E-state index in [2.05, 4.69) is 38.2 Å². The lowest BCUT2D eigenvalue weighted by Crippen LogP contribution is -2.49. The molecule has 1 atom stereocenters. The van der Waals surface area contributed by atoms with Gasteiger partial charge >= 0.3 is 5.97 Å². The van der Waals surface area contributed by atoms with Gasteiger partial charge in [-0.05, 0) is 64.2 Å². The predicted molar refractivity (Wildman–Crippen MR) is 80.8 cm³/mol. The van der Waals surface area contributed by atoms with Gasteiger partial charge in [0.1, 0.15) is 5.54 Å². The SMILES string of the molecule is CCOC(=O)C(C)(NC1CC1)c1c(C)cc(C)cc1C. The zero-order valence-corrected chi connectivity index (χ0v) is 13.2. The quantitative estimate of drug-likeness (QED) is 0.839. The molecule has 0 saturated heterocycles. The van der Waals surface area contributed by atoms with Crippen LogP contribution < -0.4 is 5.32 Å². The molecule has 1 aliphatic carbocycles. The van der Waals surface area contributed by atoms with E-state index in [-0.39, 0.29) is 5.97 Å². The van der Waals surface area contributed by atoms with Crippen LogP contribution in [0.3, 0.4) is 0 Å². The Balaban J connectivity index is 2.47. The standard InChI is InChI=1S/C17H25NO2/c1-6-20-16(19)17(5,18-14-7-8-14)15-12(3)9-11(2)10-13(15)4/h9-10,14,18H,6-8H2,1-5H3. The van der Waals surface area contributed by atoms with Crippen molar-refractivity contribution in [1.29, 1.82) is 0 Å². The Bertz CT molecular complexity index is 497. The van der Waals surface area contributed by atoms with Crippen molar-refractivity contribution in [3.05, 3.63) is 34.4 Å². The Labute approximate surface area is 121 Å². The van der Waals surface area contributed by atoms with Crippen molar-refractivity contribution in [1.82, 2.24) is 5.32 Å². The van der Waals surface area contributed by atoms with Crippen molar-refractivity contribution >= 4 is 5.97 Å². The van der Waals surface area contributed by atoms with Gasteiger partial charge in [-0.15, -0.1) is 0 Å². The van der Waals surface area contributed by atoms with Crippen molar-refractivity contribution in [2.45, 2.75) is 59.0 Å². The van der Waals surface area contributed by atoms with Crippen LogP contribution in [0.2, 0.25) is 0 Å². The fraction of sp³-hybridized carbons (Fsp3) is 0.588. The van der Waals surface area contributed by atoms with E-state index in [1.807, 2.05) is 13.8 Å². The Morgan fingerprint density at radius 2 is 1.85 bits per heavy atom. The predicted octanol–water partition coefficient (Wildman–Crippen LogP) is 3.14. The van der Waals surface area contributed by atoms with Gasteiger partial charge in [-0.25, -0.2) is 4.79 Å². The lowest BCUT2D eigenvalue weighted by molar-refractivity contribution is -0.151. The Kier molecular flexibility index (Phi) is 4.19. The molecular weight excluding hydrogens is 250 g/mol. The fourth-order valence-corrected chi connectivity index (χ4v) is 3.11. The Hall–Kier alpha value is -1.35. The number of carbonyl (C=O) groups excluding carboxylic acids is 1. The van der Waals surface area contributed by atoms with Crippen molar-refractivity contribution in [3.8, 4) is 0 Å². The van der Waals surface area contributed by atoms with Crippen molar-refractivity contribution in [2.75, 3.05) is 6.61 Å². The van der Waals surface area contributed by atoms with E-state index < -0.39 is 5.54 Å². The van der Waals surface area contributed by atoms with Crippen LogP contribution in [0.5, 0.6) is 0 Å². The topological polar surface area (TPSA) is 38.3 Å². The van der Waals surface area contributed by atoms with Crippen LogP contribution in [0.25, 0.3) is 0 Å². The van der Waals surface area contributed by atoms with Crippen LogP contribution in [0, 0.1) is 20.8 Å². The van der Waals surface area contributed by atoms with E-state index in [0.717, 1.165) is 29.5 Å². The first-order valence-corrected chi connectivity index (χ1v) is 7.41. The summed E-state index contributed by atoms with van der Waals surface area (Å²) in [5, 5.41) is 3.49. The Morgan fingerprint density at radius 3 is 2.30 bits per heavy atom. The highest BCUT2D eigenvalue weighted by Gasteiger charge is 2.42. The first-order valence-electron chi connectivity index (χ1n) is 7.41. The molecule has 1 saturated carbocycles. The van der Waals surface area contributed by atoms with Gasteiger partial charge in [0, 0.05) is 6.04 Å². The monoisotopic (exact) mass is 275 g/mol. The van der Waals surface area contributed by atoms with E-state index >= 15 is 0 Å². The molecule has 0 heterocycles. The molecule has 20 heavy (non-hydrogen) atoms. The third-order valence-corrected chi connectivity index (χ3v) is 3.93. The molecule has 1 aromatic carbocycles. The van der Waals surface area contributed by atoms with E-state index in [1.54, 1.807) is 0 Å². The molecule has 1 aromatic rings. The molecule has 2 rings (SSSR count).